The Hall–Kier alpha value is -1.55. The van der Waals surface area contributed by atoms with Crippen molar-refractivity contribution in [3.63, 3.8) is 0 Å². The van der Waals surface area contributed by atoms with Gasteiger partial charge in [-0.25, -0.2) is 4.98 Å². The summed E-state index contributed by atoms with van der Waals surface area (Å²) in [4.78, 5) is 16.1. The first kappa shape index (κ1) is 14.4. The molecule has 2 atom stereocenters. The van der Waals surface area contributed by atoms with Crippen LogP contribution in [0.2, 0.25) is 5.02 Å². The zero-order valence-corrected chi connectivity index (χ0v) is 13.2. The lowest BCUT2D eigenvalue weighted by Gasteiger charge is -2.08. The Morgan fingerprint density at radius 3 is 2.76 bits per heavy atom. The Balaban J connectivity index is 2.15. The van der Waals surface area contributed by atoms with E-state index < -0.39 is 5.97 Å². The van der Waals surface area contributed by atoms with Gasteiger partial charge in [0.1, 0.15) is 5.82 Å². The van der Waals surface area contributed by atoms with Gasteiger partial charge in [-0.3, -0.25) is 4.79 Å². The van der Waals surface area contributed by atoms with Crippen LogP contribution in [0.3, 0.4) is 0 Å². The zero-order valence-electron chi connectivity index (χ0n) is 12.4. The fourth-order valence-electron chi connectivity index (χ4n) is 3.39. The fraction of sp³-hybridized carbons (Fsp3) is 0.500. The van der Waals surface area contributed by atoms with Gasteiger partial charge >= 0.3 is 5.97 Å². The van der Waals surface area contributed by atoms with E-state index in [1.165, 1.54) is 0 Å². The molecular formula is C16H19ClN2O2. The van der Waals surface area contributed by atoms with Gasteiger partial charge in [-0.2, -0.15) is 0 Å². The lowest BCUT2D eigenvalue weighted by Crippen LogP contribution is -2.05. The highest BCUT2D eigenvalue weighted by molar-refractivity contribution is 6.31. The Morgan fingerprint density at radius 1 is 1.48 bits per heavy atom. The third-order valence-corrected chi connectivity index (χ3v) is 4.79. The Morgan fingerprint density at radius 2 is 2.19 bits per heavy atom. The van der Waals surface area contributed by atoms with Gasteiger partial charge in [0, 0.05) is 17.5 Å². The van der Waals surface area contributed by atoms with Crippen molar-refractivity contribution in [1.29, 1.82) is 0 Å². The van der Waals surface area contributed by atoms with Crippen molar-refractivity contribution in [1.82, 2.24) is 9.55 Å². The summed E-state index contributed by atoms with van der Waals surface area (Å²) in [5.74, 6) is -0.252. The Labute approximate surface area is 128 Å². The van der Waals surface area contributed by atoms with Crippen molar-refractivity contribution in [2.75, 3.05) is 0 Å². The molecule has 0 bridgehead atoms. The lowest BCUT2D eigenvalue weighted by molar-refractivity contribution is -0.139. The van der Waals surface area contributed by atoms with Crippen molar-refractivity contribution in [2.45, 2.75) is 39.7 Å². The molecule has 4 nitrogen and oxygen atoms in total. The predicted molar refractivity (Wildman–Crippen MR) is 82.7 cm³/mol. The average molecular weight is 307 g/mol. The molecule has 1 aliphatic rings. The number of hydrogen-bond donors (Lipinski definition) is 1. The first-order valence-electron chi connectivity index (χ1n) is 7.26. The van der Waals surface area contributed by atoms with E-state index in [9.17, 15) is 9.90 Å². The van der Waals surface area contributed by atoms with Gasteiger partial charge in [-0.05, 0) is 30.0 Å². The number of rotatable bonds is 4. The largest absolute Gasteiger partial charge is 0.481 e. The SMILES string of the molecule is CCCn1c(C2C(C(=O)O)C2(C)C)nc2ccc(Cl)cc21. The van der Waals surface area contributed by atoms with E-state index in [1.807, 2.05) is 32.0 Å². The first-order chi connectivity index (χ1) is 9.87. The number of fused-ring (bicyclic) bond motifs is 1. The molecule has 1 N–H and O–H groups in total. The van der Waals surface area contributed by atoms with Crippen LogP contribution in [0.5, 0.6) is 0 Å². The van der Waals surface area contributed by atoms with Crippen LogP contribution in [0.4, 0.5) is 0 Å². The van der Waals surface area contributed by atoms with Crippen LogP contribution >= 0.6 is 11.6 Å². The number of hydrogen-bond acceptors (Lipinski definition) is 2. The summed E-state index contributed by atoms with van der Waals surface area (Å²) in [5, 5.41) is 10.1. The molecule has 0 saturated heterocycles. The van der Waals surface area contributed by atoms with Crippen molar-refractivity contribution in [2.24, 2.45) is 11.3 Å². The van der Waals surface area contributed by atoms with E-state index in [1.54, 1.807) is 0 Å². The Bertz CT molecular complexity index is 720. The van der Waals surface area contributed by atoms with E-state index in [-0.39, 0.29) is 17.3 Å². The van der Waals surface area contributed by atoms with Crippen molar-refractivity contribution in [3.8, 4) is 0 Å². The Kier molecular flexibility index (Phi) is 3.24. The number of carboxylic acids is 1. The maximum atomic E-state index is 11.4. The number of carbonyl (C=O) groups is 1. The maximum Gasteiger partial charge on any atom is 0.307 e. The van der Waals surface area contributed by atoms with Crippen molar-refractivity contribution >= 4 is 28.6 Å². The molecule has 1 aromatic carbocycles. The van der Waals surface area contributed by atoms with Crippen LogP contribution in [0, 0.1) is 11.3 Å². The molecule has 5 heteroatoms. The van der Waals surface area contributed by atoms with E-state index in [0.29, 0.717) is 5.02 Å². The van der Waals surface area contributed by atoms with Crippen molar-refractivity contribution in [3.05, 3.63) is 29.0 Å². The molecule has 3 rings (SSSR count). The van der Waals surface area contributed by atoms with Crippen LogP contribution in [0.1, 0.15) is 38.9 Å². The minimum atomic E-state index is -0.738. The highest BCUT2D eigenvalue weighted by Crippen LogP contribution is 2.64. The van der Waals surface area contributed by atoms with Crippen LogP contribution in [0.25, 0.3) is 11.0 Å². The molecule has 1 aliphatic carbocycles. The third kappa shape index (κ3) is 2.13. The summed E-state index contributed by atoms with van der Waals surface area (Å²) in [5.41, 5.74) is 1.63. The maximum absolute atomic E-state index is 11.4. The number of benzene rings is 1. The molecule has 112 valence electrons. The second kappa shape index (κ2) is 4.73. The number of nitrogens with zero attached hydrogens (tertiary/aromatic N) is 2. The standard InChI is InChI=1S/C16H19ClN2O2/c1-4-7-19-11-8-9(17)5-6-10(11)18-14(19)12-13(15(20)21)16(12,2)3/h5-6,8,12-13H,4,7H2,1-3H3,(H,20,21). The number of carboxylic acid groups (broad SMARTS) is 1. The molecule has 1 saturated carbocycles. The molecule has 1 fully saturated rings. The number of imidazole rings is 1. The topological polar surface area (TPSA) is 55.1 Å². The minimum absolute atomic E-state index is 0.0345. The monoisotopic (exact) mass is 306 g/mol. The molecule has 0 amide bonds. The number of aryl methyl sites for hydroxylation is 1. The van der Waals surface area contributed by atoms with E-state index in [4.69, 9.17) is 16.6 Å². The summed E-state index contributed by atoms with van der Waals surface area (Å²) in [6.45, 7) is 6.93. The van der Waals surface area contributed by atoms with Crippen LogP contribution in [0.15, 0.2) is 18.2 Å². The molecule has 1 heterocycles. The summed E-state index contributed by atoms with van der Waals surface area (Å²) in [6.07, 6.45) is 0.968. The van der Waals surface area contributed by atoms with Gasteiger partial charge in [-0.15, -0.1) is 0 Å². The molecule has 0 radical (unpaired) electrons. The van der Waals surface area contributed by atoms with E-state index >= 15 is 0 Å². The van der Waals surface area contributed by atoms with Gasteiger partial charge < -0.3 is 9.67 Å². The van der Waals surface area contributed by atoms with Gasteiger partial charge in [0.15, 0.2) is 0 Å². The molecule has 2 aromatic rings. The van der Waals surface area contributed by atoms with Crippen molar-refractivity contribution < 1.29 is 9.90 Å². The third-order valence-electron chi connectivity index (χ3n) is 4.56. The van der Waals surface area contributed by atoms with E-state index in [0.717, 1.165) is 29.8 Å². The highest BCUT2D eigenvalue weighted by atomic mass is 35.5. The normalized spacial score (nSPS) is 23.4. The second-order valence-corrected chi connectivity index (χ2v) is 6.81. The minimum Gasteiger partial charge on any atom is -0.481 e. The highest BCUT2D eigenvalue weighted by Gasteiger charge is 2.64. The summed E-state index contributed by atoms with van der Waals surface area (Å²) >= 11 is 6.10. The van der Waals surface area contributed by atoms with Gasteiger partial charge in [0.25, 0.3) is 0 Å². The van der Waals surface area contributed by atoms with Gasteiger partial charge in [0.2, 0.25) is 0 Å². The lowest BCUT2D eigenvalue weighted by atomic mass is 10.1. The molecule has 21 heavy (non-hydrogen) atoms. The molecule has 0 aliphatic heterocycles. The second-order valence-electron chi connectivity index (χ2n) is 6.37. The van der Waals surface area contributed by atoms with Crippen LogP contribution in [-0.4, -0.2) is 20.6 Å². The zero-order chi connectivity index (χ0) is 15.4. The summed E-state index contributed by atoms with van der Waals surface area (Å²) in [7, 11) is 0. The average Bonchev–Trinajstić information content (AvgIpc) is 2.81. The quantitative estimate of drug-likeness (QED) is 0.931. The van der Waals surface area contributed by atoms with Gasteiger partial charge in [0.05, 0.1) is 17.0 Å². The molecule has 1 aromatic heterocycles. The predicted octanol–water partition coefficient (Wildman–Crippen LogP) is 3.92. The van der Waals surface area contributed by atoms with Crippen LogP contribution in [-0.2, 0) is 11.3 Å². The summed E-state index contributed by atoms with van der Waals surface area (Å²) in [6, 6.07) is 5.64. The van der Waals surface area contributed by atoms with Gasteiger partial charge in [-0.1, -0.05) is 32.4 Å². The molecule has 2 unspecified atom stereocenters. The molecule has 0 spiro atoms. The number of halogens is 1. The van der Waals surface area contributed by atoms with E-state index in [2.05, 4.69) is 11.5 Å². The van der Waals surface area contributed by atoms with Crippen LogP contribution < -0.4 is 0 Å². The smallest absolute Gasteiger partial charge is 0.307 e. The number of aliphatic carboxylic acids is 1. The fourth-order valence-corrected chi connectivity index (χ4v) is 3.56. The summed E-state index contributed by atoms with van der Waals surface area (Å²) < 4.78 is 2.14. The number of aromatic nitrogens is 2. The molecular weight excluding hydrogens is 288 g/mol. The first-order valence-corrected chi connectivity index (χ1v) is 7.64.